The normalized spacial score (nSPS) is 26.6. The molecule has 0 aromatic carbocycles. The summed E-state index contributed by atoms with van der Waals surface area (Å²) in [7, 11) is 0. The summed E-state index contributed by atoms with van der Waals surface area (Å²) in [5, 5.41) is 0. The van der Waals surface area contributed by atoms with Crippen molar-refractivity contribution in [2.75, 3.05) is 6.61 Å². The lowest BCUT2D eigenvalue weighted by Gasteiger charge is -1.95. The fourth-order valence-electron chi connectivity index (χ4n) is 0.973. The van der Waals surface area contributed by atoms with Crippen LogP contribution in [-0.2, 0) is 9.53 Å². The van der Waals surface area contributed by atoms with Gasteiger partial charge in [-0.2, -0.15) is 0 Å². The zero-order chi connectivity index (χ0) is 7.56. The average Bonchev–Trinajstić information content (AvgIpc) is 2.66. The first-order valence-corrected chi connectivity index (χ1v) is 3.61. The maximum absolute atomic E-state index is 10.9. The predicted molar refractivity (Wildman–Crippen MR) is 38.5 cm³/mol. The molecule has 1 fully saturated rings. The van der Waals surface area contributed by atoms with Gasteiger partial charge in [0.2, 0.25) is 0 Å². The molecule has 0 aliphatic heterocycles. The molecule has 0 N–H and O–H groups in total. The maximum Gasteiger partial charge on any atom is 0.313 e. The van der Waals surface area contributed by atoms with E-state index in [1.807, 2.05) is 19.9 Å². The summed E-state index contributed by atoms with van der Waals surface area (Å²) in [6, 6.07) is 0. The Morgan fingerprint density at radius 2 is 2.60 bits per heavy atom. The molecule has 0 amide bonds. The van der Waals surface area contributed by atoms with Crippen molar-refractivity contribution in [3.8, 4) is 0 Å². The highest BCUT2D eigenvalue weighted by Gasteiger charge is 2.36. The van der Waals surface area contributed by atoms with Crippen LogP contribution in [0.2, 0.25) is 0 Å². The standard InChI is InChI=1S/C8H12O2/c1-3-6-5-7(6)8(9)10-4-2/h3,7H,4-5H2,1-2H3/b6-3-. The Morgan fingerprint density at radius 3 is 3.00 bits per heavy atom. The number of carbonyl (C=O) groups excluding carboxylic acids is 1. The third-order valence-corrected chi connectivity index (χ3v) is 1.67. The number of ether oxygens (including phenoxy) is 1. The molecule has 10 heavy (non-hydrogen) atoms. The molecule has 1 saturated carbocycles. The van der Waals surface area contributed by atoms with Crippen LogP contribution in [-0.4, -0.2) is 12.6 Å². The summed E-state index contributed by atoms with van der Waals surface area (Å²) < 4.78 is 4.82. The average molecular weight is 140 g/mol. The molecule has 56 valence electrons. The highest BCUT2D eigenvalue weighted by molar-refractivity contribution is 5.80. The van der Waals surface area contributed by atoms with Crippen LogP contribution >= 0.6 is 0 Å². The van der Waals surface area contributed by atoms with Crippen molar-refractivity contribution >= 4 is 5.97 Å². The van der Waals surface area contributed by atoms with Gasteiger partial charge in [-0.05, 0) is 20.3 Å². The van der Waals surface area contributed by atoms with E-state index < -0.39 is 0 Å². The van der Waals surface area contributed by atoms with Crippen molar-refractivity contribution in [3.05, 3.63) is 11.6 Å². The summed E-state index contributed by atoms with van der Waals surface area (Å²) in [4.78, 5) is 10.9. The van der Waals surface area contributed by atoms with Crippen molar-refractivity contribution in [3.63, 3.8) is 0 Å². The number of allylic oxidation sites excluding steroid dienone is 1. The maximum atomic E-state index is 10.9. The van der Waals surface area contributed by atoms with E-state index in [0.29, 0.717) is 6.61 Å². The van der Waals surface area contributed by atoms with Gasteiger partial charge < -0.3 is 4.74 Å². The van der Waals surface area contributed by atoms with Crippen molar-refractivity contribution in [1.82, 2.24) is 0 Å². The Morgan fingerprint density at radius 1 is 1.90 bits per heavy atom. The van der Waals surface area contributed by atoms with Gasteiger partial charge in [-0.1, -0.05) is 11.6 Å². The lowest BCUT2D eigenvalue weighted by molar-refractivity contribution is -0.144. The molecule has 2 nitrogen and oxygen atoms in total. The molecular weight excluding hydrogens is 128 g/mol. The van der Waals surface area contributed by atoms with E-state index in [4.69, 9.17) is 4.74 Å². The molecule has 0 spiro atoms. The lowest BCUT2D eigenvalue weighted by Crippen LogP contribution is -2.05. The van der Waals surface area contributed by atoms with Gasteiger partial charge in [-0.15, -0.1) is 0 Å². The molecule has 1 aliphatic carbocycles. The fourth-order valence-corrected chi connectivity index (χ4v) is 0.973. The van der Waals surface area contributed by atoms with Crippen LogP contribution < -0.4 is 0 Å². The quantitative estimate of drug-likeness (QED) is 0.429. The number of hydrogen-bond donors (Lipinski definition) is 0. The van der Waals surface area contributed by atoms with E-state index in [1.54, 1.807) is 0 Å². The molecular formula is C8H12O2. The van der Waals surface area contributed by atoms with Crippen molar-refractivity contribution < 1.29 is 9.53 Å². The van der Waals surface area contributed by atoms with Gasteiger partial charge in [0, 0.05) is 0 Å². The predicted octanol–water partition coefficient (Wildman–Crippen LogP) is 1.52. The Hall–Kier alpha value is -0.790. The molecule has 0 saturated heterocycles. The molecule has 1 atom stereocenters. The SMILES string of the molecule is C/C=C1/CC1C(=O)OCC. The summed E-state index contributed by atoms with van der Waals surface area (Å²) in [6.45, 7) is 4.27. The first kappa shape index (κ1) is 7.32. The molecule has 0 radical (unpaired) electrons. The third-order valence-electron chi connectivity index (χ3n) is 1.67. The lowest BCUT2D eigenvalue weighted by atomic mass is 10.4. The van der Waals surface area contributed by atoms with Gasteiger partial charge in [0.25, 0.3) is 0 Å². The van der Waals surface area contributed by atoms with Crippen LogP contribution in [0.5, 0.6) is 0 Å². The van der Waals surface area contributed by atoms with Gasteiger partial charge in [0.15, 0.2) is 0 Å². The van der Waals surface area contributed by atoms with E-state index >= 15 is 0 Å². The Kier molecular flexibility index (Phi) is 2.10. The topological polar surface area (TPSA) is 26.3 Å². The summed E-state index contributed by atoms with van der Waals surface area (Å²) in [5.74, 6) is 0.0422. The second-order valence-electron chi connectivity index (χ2n) is 2.37. The number of rotatable bonds is 2. The first-order chi connectivity index (χ1) is 4.79. The molecule has 1 rings (SSSR count). The van der Waals surface area contributed by atoms with Gasteiger partial charge in [0.05, 0.1) is 12.5 Å². The second kappa shape index (κ2) is 2.86. The number of hydrogen-bond acceptors (Lipinski definition) is 2. The van der Waals surface area contributed by atoms with Crippen molar-refractivity contribution in [2.45, 2.75) is 20.3 Å². The minimum atomic E-state index is -0.0596. The largest absolute Gasteiger partial charge is 0.466 e. The molecule has 1 aliphatic rings. The minimum absolute atomic E-state index is 0.0596. The van der Waals surface area contributed by atoms with E-state index in [9.17, 15) is 4.79 Å². The Bertz CT molecular complexity index is 170. The fraction of sp³-hybridized carbons (Fsp3) is 0.625. The summed E-state index contributed by atoms with van der Waals surface area (Å²) in [6.07, 6.45) is 2.90. The summed E-state index contributed by atoms with van der Waals surface area (Å²) >= 11 is 0. The molecule has 2 heteroatoms. The van der Waals surface area contributed by atoms with Gasteiger partial charge >= 0.3 is 5.97 Å². The van der Waals surface area contributed by atoms with E-state index in [1.165, 1.54) is 5.57 Å². The monoisotopic (exact) mass is 140 g/mol. The molecule has 0 heterocycles. The van der Waals surface area contributed by atoms with Gasteiger partial charge in [0.1, 0.15) is 0 Å². The molecule has 1 unspecified atom stereocenters. The molecule has 0 aromatic rings. The van der Waals surface area contributed by atoms with E-state index in [2.05, 4.69) is 0 Å². The number of carbonyl (C=O) groups is 1. The van der Waals surface area contributed by atoms with E-state index in [-0.39, 0.29) is 11.9 Å². The van der Waals surface area contributed by atoms with Gasteiger partial charge in [-0.3, -0.25) is 4.79 Å². The minimum Gasteiger partial charge on any atom is -0.466 e. The van der Waals surface area contributed by atoms with Crippen LogP contribution in [0.4, 0.5) is 0 Å². The van der Waals surface area contributed by atoms with Crippen LogP contribution in [0.1, 0.15) is 20.3 Å². The van der Waals surface area contributed by atoms with Crippen LogP contribution in [0.15, 0.2) is 11.6 Å². The van der Waals surface area contributed by atoms with Crippen LogP contribution in [0, 0.1) is 5.92 Å². The second-order valence-corrected chi connectivity index (χ2v) is 2.37. The highest BCUT2D eigenvalue weighted by Crippen LogP contribution is 2.38. The zero-order valence-corrected chi connectivity index (χ0v) is 6.39. The van der Waals surface area contributed by atoms with Crippen LogP contribution in [0.25, 0.3) is 0 Å². The third kappa shape index (κ3) is 1.38. The Balaban J connectivity index is 2.33. The highest BCUT2D eigenvalue weighted by atomic mass is 16.5. The van der Waals surface area contributed by atoms with Gasteiger partial charge in [-0.25, -0.2) is 0 Å². The smallest absolute Gasteiger partial charge is 0.313 e. The zero-order valence-electron chi connectivity index (χ0n) is 6.39. The van der Waals surface area contributed by atoms with Crippen molar-refractivity contribution in [1.29, 1.82) is 0 Å². The molecule has 0 bridgehead atoms. The van der Waals surface area contributed by atoms with Crippen molar-refractivity contribution in [2.24, 2.45) is 5.92 Å². The van der Waals surface area contributed by atoms with Crippen LogP contribution in [0.3, 0.4) is 0 Å². The summed E-state index contributed by atoms with van der Waals surface area (Å²) in [5.41, 5.74) is 1.22. The van der Waals surface area contributed by atoms with E-state index in [0.717, 1.165) is 6.42 Å². The Labute approximate surface area is 60.9 Å². The number of esters is 1. The molecule has 0 aromatic heterocycles. The first-order valence-electron chi connectivity index (χ1n) is 3.61.